The first-order valence-electron chi connectivity index (χ1n) is 9.33. The van der Waals surface area contributed by atoms with E-state index in [9.17, 15) is 18.0 Å². The zero-order chi connectivity index (χ0) is 21.0. The van der Waals surface area contributed by atoms with E-state index in [1.807, 2.05) is 24.3 Å². The molecule has 0 aromatic heterocycles. The summed E-state index contributed by atoms with van der Waals surface area (Å²) in [4.78, 5) is 24.2. The lowest BCUT2D eigenvalue weighted by atomic mass is 10.1. The summed E-state index contributed by atoms with van der Waals surface area (Å²) in [6, 6.07) is 12.3. The van der Waals surface area contributed by atoms with E-state index >= 15 is 0 Å². The Morgan fingerprint density at radius 2 is 1.79 bits per heavy atom. The van der Waals surface area contributed by atoms with Crippen molar-refractivity contribution in [2.45, 2.75) is 43.7 Å². The van der Waals surface area contributed by atoms with Crippen molar-refractivity contribution < 1.29 is 22.7 Å². The van der Waals surface area contributed by atoms with Crippen LogP contribution in [0.2, 0.25) is 0 Å². The van der Waals surface area contributed by atoms with Gasteiger partial charge in [-0.2, -0.15) is 4.31 Å². The highest BCUT2D eigenvalue weighted by Gasteiger charge is 2.38. The van der Waals surface area contributed by atoms with E-state index < -0.39 is 22.0 Å². The molecule has 3 rings (SSSR count). The van der Waals surface area contributed by atoms with Crippen LogP contribution in [-0.4, -0.2) is 37.1 Å². The molecule has 2 aromatic carbocycles. The number of rotatable bonds is 6. The molecule has 1 fully saturated rings. The second kappa shape index (κ2) is 9.19. The third kappa shape index (κ3) is 4.94. The molecular weight excluding hydrogens is 458 g/mol. The van der Waals surface area contributed by atoms with Gasteiger partial charge >= 0.3 is 5.97 Å². The van der Waals surface area contributed by atoms with Crippen molar-refractivity contribution in [3.63, 3.8) is 0 Å². The minimum Gasteiger partial charge on any atom is -0.460 e. The predicted molar refractivity (Wildman–Crippen MR) is 112 cm³/mol. The average molecular weight is 480 g/mol. The Labute approximate surface area is 179 Å². The SMILES string of the molecule is CC(=O)c1ccc(S(=O)(=O)N2CCCCC2C(=O)OCc2ccccc2Br)cc1. The molecule has 1 atom stereocenters. The van der Waals surface area contributed by atoms with Crippen LogP contribution in [0, 0.1) is 0 Å². The fraction of sp³-hybridized carbons (Fsp3) is 0.333. The molecule has 0 bridgehead atoms. The van der Waals surface area contributed by atoms with Crippen LogP contribution in [0.3, 0.4) is 0 Å². The monoisotopic (exact) mass is 479 g/mol. The topological polar surface area (TPSA) is 80.8 Å². The van der Waals surface area contributed by atoms with Crippen LogP contribution in [0.4, 0.5) is 0 Å². The summed E-state index contributed by atoms with van der Waals surface area (Å²) in [6.45, 7) is 1.74. The van der Waals surface area contributed by atoms with Crippen LogP contribution in [0.25, 0.3) is 0 Å². The molecular formula is C21H22BrNO5S. The van der Waals surface area contributed by atoms with E-state index in [4.69, 9.17) is 4.74 Å². The Bertz CT molecular complexity index is 1000. The summed E-state index contributed by atoms with van der Waals surface area (Å²) < 4.78 is 33.8. The van der Waals surface area contributed by atoms with Crippen molar-refractivity contribution in [2.75, 3.05) is 6.54 Å². The molecule has 6 nitrogen and oxygen atoms in total. The van der Waals surface area contributed by atoms with Gasteiger partial charge in [-0.1, -0.05) is 46.3 Å². The standard InChI is InChI=1S/C21H22BrNO5S/c1-15(24)16-9-11-18(12-10-16)29(26,27)23-13-5-4-8-20(23)21(25)28-14-17-6-2-3-7-19(17)22/h2-3,6-7,9-12,20H,4-5,8,13-14H2,1H3. The second-order valence-corrected chi connectivity index (χ2v) is 9.65. The van der Waals surface area contributed by atoms with Crippen molar-refractivity contribution in [1.82, 2.24) is 4.31 Å². The molecule has 0 N–H and O–H groups in total. The maximum Gasteiger partial charge on any atom is 0.324 e. The summed E-state index contributed by atoms with van der Waals surface area (Å²) in [5.41, 5.74) is 1.25. The second-order valence-electron chi connectivity index (χ2n) is 6.91. The minimum absolute atomic E-state index is 0.0630. The van der Waals surface area contributed by atoms with Gasteiger partial charge in [0.05, 0.1) is 4.90 Å². The van der Waals surface area contributed by atoms with Gasteiger partial charge in [0, 0.05) is 22.1 Å². The van der Waals surface area contributed by atoms with Gasteiger partial charge in [0.1, 0.15) is 12.6 Å². The molecule has 1 aliphatic rings. The number of benzene rings is 2. The number of sulfonamides is 1. The number of ether oxygens (including phenoxy) is 1. The number of piperidine rings is 1. The van der Waals surface area contributed by atoms with Gasteiger partial charge in [-0.05, 0) is 44.4 Å². The highest BCUT2D eigenvalue weighted by atomic mass is 79.9. The van der Waals surface area contributed by atoms with Gasteiger partial charge in [0.25, 0.3) is 0 Å². The highest BCUT2D eigenvalue weighted by molar-refractivity contribution is 9.10. The van der Waals surface area contributed by atoms with Crippen LogP contribution in [-0.2, 0) is 26.2 Å². The van der Waals surface area contributed by atoms with Gasteiger partial charge in [0.2, 0.25) is 10.0 Å². The number of Topliss-reactive ketones (excluding diaryl/α,β-unsaturated/α-hetero) is 1. The molecule has 29 heavy (non-hydrogen) atoms. The molecule has 1 heterocycles. The number of ketones is 1. The van der Waals surface area contributed by atoms with Crippen molar-refractivity contribution in [2.24, 2.45) is 0 Å². The zero-order valence-corrected chi connectivity index (χ0v) is 18.4. The number of carbonyl (C=O) groups is 2. The highest BCUT2D eigenvalue weighted by Crippen LogP contribution is 2.27. The van der Waals surface area contributed by atoms with E-state index in [2.05, 4.69) is 15.9 Å². The largest absolute Gasteiger partial charge is 0.460 e. The van der Waals surface area contributed by atoms with E-state index in [-0.39, 0.29) is 23.8 Å². The Hall–Kier alpha value is -2.03. The van der Waals surface area contributed by atoms with Crippen molar-refractivity contribution in [1.29, 1.82) is 0 Å². The fourth-order valence-electron chi connectivity index (χ4n) is 3.29. The Balaban J connectivity index is 1.78. The first-order valence-corrected chi connectivity index (χ1v) is 11.6. The molecule has 0 aliphatic carbocycles. The third-order valence-corrected chi connectivity index (χ3v) is 7.62. The molecule has 0 saturated carbocycles. The first-order chi connectivity index (χ1) is 13.8. The minimum atomic E-state index is -3.88. The maximum atomic E-state index is 13.1. The molecule has 1 unspecified atom stereocenters. The molecule has 154 valence electrons. The smallest absolute Gasteiger partial charge is 0.324 e. The normalized spacial score (nSPS) is 17.7. The van der Waals surface area contributed by atoms with E-state index in [1.165, 1.54) is 35.5 Å². The maximum absolute atomic E-state index is 13.1. The predicted octanol–water partition coefficient (Wildman–Crippen LogP) is 3.94. The van der Waals surface area contributed by atoms with Gasteiger partial charge in [-0.3, -0.25) is 9.59 Å². The molecule has 0 radical (unpaired) electrons. The molecule has 1 aliphatic heterocycles. The van der Waals surface area contributed by atoms with E-state index in [0.29, 0.717) is 18.4 Å². The van der Waals surface area contributed by atoms with Crippen molar-refractivity contribution in [3.8, 4) is 0 Å². The summed E-state index contributed by atoms with van der Waals surface area (Å²) in [5, 5.41) is 0. The molecule has 0 amide bonds. The quantitative estimate of drug-likeness (QED) is 0.462. The summed E-state index contributed by atoms with van der Waals surface area (Å²) in [6.07, 6.45) is 1.85. The number of hydrogen-bond donors (Lipinski definition) is 0. The van der Waals surface area contributed by atoms with E-state index in [0.717, 1.165) is 16.5 Å². The molecule has 0 spiro atoms. The lowest BCUT2D eigenvalue weighted by molar-refractivity contribution is -0.150. The van der Waals surface area contributed by atoms with Crippen LogP contribution < -0.4 is 0 Å². The summed E-state index contributed by atoms with van der Waals surface area (Å²) in [7, 11) is -3.88. The van der Waals surface area contributed by atoms with E-state index in [1.54, 1.807) is 0 Å². The lowest BCUT2D eigenvalue weighted by Gasteiger charge is -2.33. The van der Waals surface area contributed by atoms with Gasteiger partial charge in [-0.25, -0.2) is 8.42 Å². The molecule has 2 aromatic rings. The zero-order valence-electron chi connectivity index (χ0n) is 16.0. The molecule has 8 heteroatoms. The van der Waals surface area contributed by atoms with Crippen LogP contribution in [0.1, 0.15) is 42.1 Å². The number of nitrogens with zero attached hydrogens (tertiary/aromatic N) is 1. The Morgan fingerprint density at radius 3 is 2.45 bits per heavy atom. The van der Waals surface area contributed by atoms with Crippen LogP contribution in [0.5, 0.6) is 0 Å². The van der Waals surface area contributed by atoms with Crippen LogP contribution in [0.15, 0.2) is 57.9 Å². The summed E-state index contributed by atoms with van der Waals surface area (Å²) in [5.74, 6) is -0.690. The van der Waals surface area contributed by atoms with Gasteiger partial charge < -0.3 is 4.74 Å². The Kier molecular flexibility index (Phi) is 6.87. The van der Waals surface area contributed by atoms with Gasteiger partial charge in [0.15, 0.2) is 5.78 Å². The van der Waals surface area contributed by atoms with Crippen molar-refractivity contribution in [3.05, 3.63) is 64.1 Å². The van der Waals surface area contributed by atoms with Gasteiger partial charge in [-0.15, -0.1) is 0 Å². The Morgan fingerprint density at radius 1 is 1.10 bits per heavy atom. The number of hydrogen-bond acceptors (Lipinski definition) is 5. The van der Waals surface area contributed by atoms with Crippen LogP contribution >= 0.6 is 15.9 Å². The average Bonchev–Trinajstić information content (AvgIpc) is 2.73. The number of carbonyl (C=O) groups excluding carboxylic acids is 2. The van der Waals surface area contributed by atoms with Crippen molar-refractivity contribution >= 4 is 37.7 Å². The fourth-order valence-corrected chi connectivity index (χ4v) is 5.33. The lowest BCUT2D eigenvalue weighted by Crippen LogP contribution is -2.48. The number of esters is 1. The third-order valence-electron chi connectivity index (χ3n) is 4.92. The molecule has 1 saturated heterocycles. The number of halogens is 1. The summed E-state index contributed by atoms with van der Waals surface area (Å²) >= 11 is 3.41. The first kappa shape index (κ1) is 21.7.